The van der Waals surface area contributed by atoms with Crippen molar-refractivity contribution in [2.24, 2.45) is 0 Å². The Bertz CT molecular complexity index is 1240. The Kier molecular flexibility index (Phi) is 11.4. The van der Waals surface area contributed by atoms with E-state index in [1.165, 1.54) is 5.56 Å². The smallest absolute Gasteiger partial charge is 0.328 e. The first kappa shape index (κ1) is 32.9. The number of carboxylic acids is 2. The van der Waals surface area contributed by atoms with Crippen molar-refractivity contribution in [3.63, 3.8) is 0 Å². The molecule has 2 aromatic carbocycles. The molecule has 0 amide bonds. The Labute approximate surface area is 245 Å². The Morgan fingerprint density at radius 1 is 1.05 bits per heavy atom. The van der Waals surface area contributed by atoms with Gasteiger partial charge >= 0.3 is 5.97 Å². The third kappa shape index (κ3) is 6.86. The van der Waals surface area contributed by atoms with Crippen LogP contribution in [-0.4, -0.2) is 69.8 Å². The van der Waals surface area contributed by atoms with Crippen LogP contribution in [0, 0.1) is 0 Å². The van der Waals surface area contributed by atoms with Gasteiger partial charge in [0.1, 0.15) is 6.04 Å². The Hall–Kier alpha value is -3.34. The third-order valence-corrected chi connectivity index (χ3v) is 7.47. The van der Waals surface area contributed by atoms with E-state index in [1.54, 1.807) is 21.3 Å². The van der Waals surface area contributed by atoms with Crippen molar-refractivity contribution in [2.45, 2.75) is 31.7 Å². The number of benzene rings is 2. The average Bonchev–Trinajstić information content (AvgIpc) is 3.35. The number of fused-ring (bicyclic) bond motifs is 2. The second kappa shape index (κ2) is 13.8. The molecule has 0 fully saturated rings. The van der Waals surface area contributed by atoms with Crippen LogP contribution >= 0.6 is 24.8 Å². The standard InChI is InChI=1S/C28H33NO9.2ClH/c1-29(8-5-6-19(28(32)33)14-26(30)31)9-7-18-13-22-23(38-16-37-22)15-20(18)21(29)10-17-11-24(34-2)27(36-4)25(12-17)35-3;;/h11-15,21H,5-10,16H2,1-4H3,(H-,30,31,32,33);2*1H/t21-,29+;;/m1../s1. The van der Waals surface area contributed by atoms with E-state index in [-0.39, 0.29) is 49.6 Å². The summed E-state index contributed by atoms with van der Waals surface area (Å²) in [6, 6.07) is 7.97. The highest BCUT2D eigenvalue weighted by Crippen LogP contribution is 2.45. The van der Waals surface area contributed by atoms with Crippen LogP contribution in [0.5, 0.6) is 28.7 Å². The van der Waals surface area contributed by atoms with E-state index < -0.39 is 11.9 Å². The molecule has 10 nitrogen and oxygen atoms in total. The highest BCUT2D eigenvalue weighted by Gasteiger charge is 2.40. The van der Waals surface area contributed by atoms with Crippen LogP contribution in [0.15, 0.2) is 35.9 Å². The summed E-state index contributed by atoms with van der Waals surface area (Å²) in [5, 5.41) is 20.5. The molecule has 220 valence electrons. The van der Waals surface area contributed by atoms with Crippen LogP contribution in [0.3, 0.4) is 0 Å². The van der Waals surface area contributed by atoms with Crippen molar-refractivity contribution >= 4 is 36.8 Å². The van der Waals surface area contributed by atoms with Gasteiger partial charge in [0.2, 0.25) is 12.5 Å². The first-order chi connectivity index (χ1) is 18.2. The number of aliphatic carboxylic acids is 2. The molecule has 0 saturated heterocycles. The van der Waals surface area contributed by atoms with Gasteiger partial charge in [0, 0.05) is 30.9 Å². The number of halogens is 2. The number of likely N-dealkylation sites (N-methyl/N-ethyl adjacent to an activating group) is 1. The monoisotopic (exact) mass is 599 g/mol. The summed E-state index contributed by atoms with van der Waals surface area (Å²) >= 11 is 0. The molecule has 4 rings (SSSR count). The second-order valence-corrected chi connectivity index (χ2v) is 9.73. The first-order valence-electron chi connectivity index (χ1n) is 12.4. The van der Waals surface area contributed by atoms with Gasteiger partial charge in [-0.1, -0.05) is 0 Å². The van der Waals surface area contributed by atoms with Crippen LogP contribution in [0.25, 0.3) is 0 Å². The molecule has 40 heavy (non-hydrogen) atoms. The van der Waals surface area contributed by atoms with Gasteiger partial charge in [0.05, 0.1) is 47.4 Å². The molecule has 12 heteroatoms. The highest BCUT2D eigenvalue weighted by molar-refractivity contribution is 5.93. The summed E-state index contributed by atoms with van der Waals surface area (Å²) in [5.41, 5.74) is 3.09. The summed E-state index contributed by atoms with van der Waals surface area (Å²) in [7, 11) is 6.87. The summed E-state index contributed by atoms with van der Waals surface area (Å²) in [6.45, 7) is 1.63. The van der Waals surface area contributed by atoms with Gasteiger partial charge < -0.3 is 43.2 Å². The van der Waals surface area contributed by atoms with Crippen LogP contribution in [0.4, 0.5) is 0 Å². The molecular weight excluding hydrogens is 565 g/mol. The zero-order valence-electron chi connectivity index (χ0n) is 22.9. The Morgan fingerprint density at radius 3 is 2.23 bits per heavy atom. The SMILES string of the molecule is COc1cc(C[C@@H]2c3cc4c(cc3CC[N@+]2(C)CCCC(=CC(=O)O)C(=O)[O-])OCO4)cc(OC)c1OC.Cl.Cl. The minimum Gasteiger partial charge on any atom is -0.545 e. The zero-order chi connectivity index (χ0) is 27.4. The van der Waals surface area contributed by atoms with E-state index in [4.69, 9.17) is 28.8 Å². The van der Waals surface area contributed by atoms with E-state index in [9.17, 15) is 14.7 Å². The molecule has 0 radical (unpaired) electrons. The fourth-order valence-electron chi connectivity index (χ4n) is 5.48. The van der Waals surface area contributed by atoms with Crippen molar-refractivity contribution < 1.29 is 48.0 Å². The maximum absolute atomic E-state index is 11.4. The number of hydrogen-bond donors (Lipinski definition) is 1. The molecule has 2 aromatic rings. The summed E-state index contributed by atoms with van der Waals surface area (Å²) in [5.74, 6) is 0.335. The number of carboxylic acid groups (broad SMARTS) is 2. The third-order valence-electron chi connectivity index (χ3n) is 7.47. The van der Waals surface area contributed by atoms with Crippen LogP contribution in [0.1, 0.15) is 35.6 Å². The molecule has 0 aromatic heterocycles. The molecular formula is C28H35Cl2NO9. The fraction of sp³-hybridized carbons (Fsp3) is 0.429. The number of quaternary nitrogens is 1. The first-order valence-corrected chi connectivity index (χ1v) is 12.4. The van der Waals surface area contributed by atoms with Crippen LogP contribution in [0.2, 0.25) is 0 Å². The lowest BCUT2D eigenvalue weighted by atomic mass is 9.86. The largest absolute Gasteiger partial charge is 0.545 e. The average molecular weight is 600 g/mol. The van der Waals surface area contributed by atoms with Crippen molar-refractivity contribution in [1.29, 1.82) is 0 Å². The number of rotatable bonds is 11. The molecule has 0 aliphatic carbocycles. The van der Waals surface area contributed by atoms with Gasteiger partial charge in [-0.25, -0.2) is 4.79 Å². The van der Waals surface area contributed by atoms with Crippen molar-refractivity contribution in [1.82, 2.24) is 0 Å². The van der Waals surface area contributed by atoms with Gasteiger partial charge in [0.25, 0.3) is 0 Å². The minimum absolute atomic E-state index is 0. The lowest BCUT2D eigenvalue weighted by Crippen LogP contribution is -2.52. The van der Waals surface area contributed by atoms with E-state index in [1.807, 2.05) is 24.3 Å². The topological polar surface area (TPSA) is 124 Å². The number of nitrogens with zero attached hydrogens (tertiary/aromatic N) is 1. The molecule has 0 unspecified atom stereocenters. The number of carbonyl (C=O) groups is 2. The molecule has 0 bridgehead atoms. The van der Waals surface area contributed by atoms with E-state index in [2.05, 4.69) is 7.05 Å². The van der Waals surface area contributed by atoms with Gasteiger partial charge in [0.15, 0.2) is 23.0 Å². The Balaban J connectivity index is 0.00000280. The fourth-order valence-corrected chi connectivity index (χ4v) is 5.48. The quantitative estimate of drug-likeness (QED) is 0.306. The molecule has 2 heterocycles. The van der Waals surface area contributed by atoms with Crippen molar-refractivity contribution in [3.05, 3.63) is 52.6 Å². The highest BCUT2D eigenvalue weighted by atomic mass is 35.5. The number of carbonyl (C=O) groups excluding carboxylic acids is 1. The number of ether oxygens (including phenoxy) is 5. The minimum atomic E-state index is -1.46. The predicted molar refractivity (Wildman–Crippen MR) is 149 cm³/mol. The van der Waals surface area contributed by atoms with Gasteiger partial charge in [-0.15, -0.1) is 24.8 Å². The second-order valence-electron chi connectivity index (χ2n) is 9.73. The molecule has 0 saturated carbocycles. The molecule has 2 aliphatic heterocycles. The predicted octanol–water partition coefficient (Wildman–Crippen LogP) is 3.11. The van der Waals surface area contributed by atoms with E-state index in [0.29, 0.717) is 46.9 Å². The summed E-state index contributed by atoms with van der Waals surface area (Å²) < 4.78 is 28.6. The summed E-state index contributed by atoms with van der Waals surface area (Å²) in [4.78, 5) is 22.5. The van der Waals surface area contributed by atoms with Crippen LogP contribution in [-0.2, 0) is 22.4 Å². The zero-order valence-corrected chi connectivity index (χ0v) is 24.5. The number of methoxy groups -OCH3 is 3. The van der Waals surface area contributed by atoms with Crippen molar-refractivity contribution in [3.8, 4) is 28.7 Å². The molecule has 1 N–H and O–H groups in total. The number of hydrogen-bond acceptors (Lipinski definition) is 8. The maximum Gasteiger partial charge on any atom is 0.328 e. The van der Waals surface area contributed by atoms with Gasteiger partial charge in [-0.3, -0.25) is 0 Å². The molecule has 2 atom stereocenters. The lowest BCUT2D eigenvalue weighted by Gasteiger charge is -2.46. The van der Waals surface area contributed by atoms with Crippen LogP contribution < -0.4 is 28.8 Å². The molecule has 2 aliphatic rings. The molecule has 0 spiro atoms. The normalized spacial score (nSPS) is 19.0. The van der Waals surface area contributed by atoms with E-state index >= 15 is 0 Å². The summed E-state index contributed by atoms with van der Waals surface area (Å²) in [6.07, 6.45) is 2.75. The van der Waals surface area contributed by atoms with E-state index in [0.717, 1.165) is 35.9 Å². The van der Waals surface area contributed by atoms with Crippen molar-refractivity contribution in [2.75, 3.05) is 48.3 Å². The van der Waals surface area contributed by atoms with Gasteiger partial charge in [-0.2, -0.15) is 0 Å². The van der Waals surface area contributed by atoms with Gasteiger partial charge in [-0.05, 0) is 47.4 Å². The maximum atomic E-state index is 11.4. The lowest BCUT2D eigenvalue weighted by molar-refractivity contribution is -0.941. The Morgan fingerprint density at radius 2 is 1.68 bits per heavy atom.